The van der Waals surface area contributed by atoms with Crippen molar-refractivity contribution in [1.29, 1.82) is 0 Å². The number of ether oxygens (including phenoxy) is 1. The van der Waals surface area contributed by atoms with Gasteiger partial charge in [0.2, 0.25) is 0 Å². The van der Waals surface area contributed by atoms with Crippen LogP contribution in [0.2, 0.25) is 0 Å². The van der Waals surface area contributed by atoms with Gasteiger partial charge in [0.25, 0.3) is 5.91 Å². The van der Waals surface area contributed by atoms with Crippen LogP contribution in [0.3, 0.4) is 0 Å². The van der Waals surface area contributed by atoms with E-state index >= 15 is 0 Å². The maximum atomic E-state index is 12.3. The molecule has 0 unspecified atom stereocenters. The summed E-state index contributed by atoms with van der Waals surface area (Å²) in [5, 5.41) is 0. The minimum atomic E-state index is -0.0930. The van der Waals surface area contributed by atoms with E-state index in [2.05, 4.69) is 0 Å². The van der Waals surface area contributed by atoms with Crippen molar-refractivity contribution in [3.05, 3.63) is 54.1 Å². The zero-order valence-electron chi connectivity index (χ0n) is 12.4. The molecule has 0 atom stereocenters. The maximum Gasteiger partial charge on any atom is 0.264 e. The summed E-state index contributed by atoms with van der Waals surface area (Å²) in [6.07, 6.45) is 0. The summed E-state index contributed by atoms with van der Waals surface area (Å²) in [6.45, 7) is 4.52. The molecule has 21 heavy (non-hydrogen) atoms. The largest absolute Gasteiger partial charge is 0.482 e. The van der Waals surface area contributed by atoms with Crippen LogP contribution in [0.4, 0.5) is 11.4 Å². The lowest BCUT2D eigenvalue weighted by atomic mass is 10.2. The number of hydrogen-bond donors (Lipinski definition) is 1. The molecule has 0 spiro atoms. The Hall–Kier alpha value is -2.49. The van der Waals surface area contributed by atoms with Crippen LogP contribution < -0.4 is 15.4 Å². The first kappa shape index (κ1) is 14.9. The summed E-state index contributed by atoms with van der Waals surface area (Å²) in [4.78, 5) is 14.0. The third kappa shape index (κ3) is 3.75. The van der Waals surface area contributed by atoms with Crippen LogP contribution in [0.25, 0.3) is 0 Å². The SMILES string of the molecule is CCN(C(=O)COc1ccccc1N)c1ccc(C)cc1. The van der Waals surface area contributed by atoms with E-state index in [0.717, 1.165) is 11.3 Å². The molecule has 2 rings (SSSR count). The lowest BCUT2D eigenvalue weighted by Gasteiger charge is -2.21. The number of nitrogen functional groups attached to an aromatic ring is 1. The van der Waals surface area contributed by atoms with Gasteiger partial charge in [-0.05, 0) is 38.1 Å². The fourth-order valence-corrected chi connectivity index (χ4v) is 2.06. The second kappa shape index (κ2) is 6.79. The quantitative estimate of drug-likeness (QED) is 0.859. The number of likely N-dealkylation sites (N-methyl/N-ethyl adjacent to an activating group) is 1. The van der Waals surface area contributed by atoms with Gasteiger partial charge in [-0.2, -0.15) is 0 Å². The van der Waals surface area contributed by atoms with Crippen molar-refractivity contribution in [2.45, 2.75) is 13.8 Å². The van der Waals surface area contributed by atoms with Crippen LogP contribution in [-0.4, -0.2) is 19.1 Å². The van der Waals surface area contributed by atoms with Gasteiger partial charge >= 0.3 is 0 Å². The second-order valence-corrected chi connectivity index (χ2v) is 4.80. The Morgan fingerprint density at radius 2 is 1.81 bits per heavy atom. The summed E-state index contributed by atoms with van der Waals surface area (Å²) in [5.74, 6) is 0.440. The molecule has 2 N–H and O–H groups in total. The number of carbonyl (C=O) groups excluding carboxylic acids is 1. The van der Waals surface area contributed by atoms with Crippen LogP contribution in [0.15, 0.2) is 48.5 Å². The van der Waals surface area contributed by atoms with E-state index in [0.29, 0.717) is 18.0 Å². The number of para-hydroxylation sites is 2. The van der Waals surface area contributed by atoms with Crippen LogP contribution >= 0.6 is 0 Å². The van der Waals surface area contributed by atoms with E-state index in [1.165, 1.54) is 0 Å². The summed E-state index contributed by atoms with van der Waals surface area (Å²) >= 11 is 0. The molecule has 0 aromatic heterocycles. The fraction of sp³-hybridized carbons (Fsp3) is 0.235. The molecule has 2 aromatic rings. The highest BCUT2D eigenvalue weighted by Crippen LogP contribution is 2.20. The van der Waals surface area contributed by atoms with Crippen LogP contribution in [-0.2, 0) is 4.79 Å². The third-order valence-electron chi connectivity index (χ3n) is 3.23. The van der Waals surface area contributed by atoms with Gasteiger partial charge in [0, 0.05) is 12.2 Å². The monoisotopic (exact) mass is 284 g/mol. The van der Waals surface area contributed by atoms with E-state index in [4.69, 9.17) is 10.5 Å². The normalized spacial score (nSPS) is 10.2. The highest BCUT2D eigenvalue weighted by molar-refractivity contribution is 5.94. The molecule has 4 heteroatoms. The van der Waals surface area contributed by atoms with Gasteiger partial charge in [-0.1, -0.05) is 29.8 Å². The highest BCUT2D eigenvalue weighted by Gasteiger charge is 2.14. The standard InChI is InChI=1S/C17H20N2O2/c1-3-19(14-10-8-13(2)9-11-14)17(20)12-21-16-7-5-4-6-15(16)18/h4-11H,3,12,18H2,1-2H3. The van der Waals surface area contributed by atoms with E-state index < -0.39 is 0 Å². The average Bonchev–Trinajstić information content (AvgIpc) is 2.49. The van der Waals surface area contributed by atoms with E-state index in [-0.39, 0.29) is 12.5 Å². The third-order valence-corrected chi connectivity index (χ3v) is 3.23. The maximum absolute atomic E-state index is 12.3. The Labute approximate surface area is 125 Å². The van der Waals surface area contributed by atoms with Gasteiger partial charge in [0.05, 0.1) is 5.69 Å². The Bertz CT molecular complexity index is 608. The van der Waals surface area contributed by atoms with Crippen molar-refractivity contribution in [2.75, 3.05) is 23.8 Å². The molecule has 110 valence electrons. The predicted molar refractivity (Wildman–Crippen MR) is 85.6 cm³/mol. The minimum absolute atomic E-state index is 0.0318. The van der Waals surface area contributed by atoms with Gasteiger partial charge in [-0.3, -0.25) is 4.79 Å². The number of benzene rings is 2. The molecule has 0 aliphatic heterocycles. The van der Waals surface area contributed by atoms with Crippen LogP contribution in [0.5, 0.6) is 5.75 Å². The lowest BCUT2D eigenvalue weighted by molar-refractivity contribution is -0.120. The van der Waals surface area contributed by atoms with Crippen molar-refractivity contribution in [3.8, 4) is 5.75 Å². The topological polar surface area (TPSA) is 55.6 Å². The lowest BCUT2D eigenvalue weighted by Crippen LogP contribution is -2.34. The number of nitrogens with zero attached hydrogens (tertiary/aromatic N) is 1. The molecule has 0 saturated carbocycles. The van der Waals surface area contributed by atoms with Gasteiger partial charge < -0.3 is 15.4 Å². The number of amides is 1. The fourth-order valence-electron chi connectivity index (χ4n) is 2.06. The molecule has 0 heterocycles. The first-order valence-electron chi connectivity index (χ1n) is 6.96. The molecular formula is C17H20N2O2. The molecule has 0 aliphatic carbocycles. The van der Waals surface area contributed by atoms with Crippen molar-refractivity contribution >= 4 is 17.3 Å². The van der Waals surface area contributed by atoms with Crippen LogP contribution in [0, 0.1) is 6.92 Å². The number of aryl methyl sites for hydroxylation is 1. The number of anilines is 2. The Morgan fingerprint density at radius 3 is 2.43 bits per heavy atom. The Kier molecular flexibility index (Phi) is 4.82. The average molecular weight is 284 g/mol. The van der Waals surface area contributed by atoms with Crippen molar-refractivity contribution in [3.63, 3.8) is 0 Å². The molecule has 2 aromatic carbocycles. The molecule has 1 amide bonds. The van der Waals surface area contributed by atoms with Gasteiger partial charge in [-0.15, -0.1) is 0 Å². The molecule has 4 nitrogen and oxygen atoms in total. The molecular weight excluding hydrogens is 264 g/mol. The summed E-state index contributed by atoms with van der Waals surface area (Å²) in [7, 11) is 0. The van der Waals surface area contributed by atoms with Gasteiger partial charge in [-0.25, -0.2) is 0 Å². The summed E-state index contributed by atoms with van der Waals surface area (Å²) in [5.41, 5.74) is 8.36. The predicted octanol–water partition coefficient (Wildman–Crippen LogP) is 3.01. The molecule has 0 saturated heterocycles. The van der Waals surface area contributed by atoms with E-state index in [1.807, 2.05) is 50.2 Å². The molecule has 0 aliphatic rings. The molecule has 0 bridgehead atoms. The van der Waals surface area contributed by atoms with Crippen molar-refractivity contribution < 1.29 is 9.53 Å². The summed E-state index contributed by atoms with van der Waals surface area (Å²) < 4.78 is 5.51. The zero-order chi connectivity index (χ0) is 15.2. The van der Waals surface area contributed by atoms with Crippen molar-refractivity contribution in [2.24, 2.45) is 0 Å². The van der Waals surface area contributed by atoms with Crippen molar-refractivity contribution in [1.82, 2.24) is 0 Å². The Balaban J connectivity index is 2.04. The number of carbonyl (C=O) groups is 1. The first-order valence-corrected chi connectivity index (χ1v) is 6.96. The molecule has 0 radical (unpaired) electrons. The second-order valence-electron chi connectivity index (χ2n) is 4.80. The first-order chi connectivity index (χ1) is 10.1. The summed E-state index contributed by atoms with van der Waals surface area (Å²) in [6, 6.07) is 15.0. The number of nitrogens with two attached hydrogens (primary N) is 1. The number of hydrogen-bond acceptors (Lipinski definition) is 3. The van der Waals surface area contributed by atoms with Gasteiger partial charge in [0.1, 0.15) is 5.75 Å². The molecule has 0 fully saturated rings. The van der Waals surface area contributed by atoms with Crippen LogP contribution in [0.1, 0.15) is 12.5 Å². The van der Waals surface area contributed by atoms with E-state index in [1.54, 1.807) is 17.0 Å². The zero-order valence-corrected chi connectivity index (χ0v) is 12.4. The van der Waals surface area contributed by atoms with Gasteiger partial charge in [0.15, 0.2) is 6.61 Å². The number of rotatable bonds is 5. The van der Waals surface area contributed by atoms with E-state index in [9.17, 15) is 4.79 Å². The minimum Gasteiger partial charge on any atom is -0.482 e. The highest BCUT2D eigenvalue weighted by atomic mass is 16.5. The Morgan fingerprint density at radius 1 is 1.14 bits per heavy atom. The smallest absolute Gasteiger partial charge is 0.264 e.